The number of carbonyl (C=O) groups is 1. The fourth-order valence-corrected chi connectivity index (χ4v) is 4.19. The average Bonchev–Trinajstić information content (AvgIpc) is 2.97. The van der Waals surface area contributed by atoms with Gasteiger partial charge in [-0.1, -0.05) is 27.2 Å². The Hall–Kier alpha value is -1.66. The summed E-state index contributed by atoms with van der Waals surface area (Å²) in [6, 6.07) is 7.30. The maximum Gasteiger partial charge on any atom is 0.325 e. The Labute approximate surface area is 160 Å². The van der Waals surface area contributed by atoms with Gasteiger partial charge in [0.05, 0.1) is 0 Å². The van der Waals surface area contributed by atoms with Crippen LogP contribution in [0.25, 0.3) is 10.9 Å². The number of hydrogen-bond donors (Lipinski definition) is 4. The molecule has 26 heavy (non-hydrogen) atoms. The van der Waals surface area contributed by atoms with Gasteiger partial charge < -0.3 is 15.6 Å². The molecule has 0 saturated carbocycles. The summed E-state index contributed by atoms with van der Waals surface area (Å²) in [6.07, 6.45) is 5.42. The maximum absolute atomic E-state index is 11.8. The van der Waals surface area contributed by atoms with E-state index in [2.05, 4.69) is 59.3 Å². The SMILES string of the molecule is CCCCNC(=O)NSc1ccc2[nH]c3c(c2c1)CC(NC(C)C)CC3. The highest BCUT2D eigenvalue weighted by atomic mass is 32.2. The van der Waals surface area contributed by atoms with E-state index in [-0.39, 0.29) is 6.03 Å². The Morgan fingerprint density at radius 1 is 1.38 bits per heavy atom. The quantitative estimate of drug-likeness (QED) is 0.435. The van der Waals surface area contributed by atoms with Crippen LogP contribution in [-0.2, 0) is 12.8 Å². The van der Waals surface area contributed by atoms with Crippen molar-refractivity contribution in [3.63, 3.8) is 0 Å². The molecular weight excluding hydrogens is 344 g/mol. The van der Waals surface area contributed by atoms with Gasteiger partial charge in [-0.05, 0) is 61.4 Å². The van der Waals surface area contributed by atoms with Crippen molar-refractivity contribution in [2.24, 2.45) is 0 Å². The summed E-state index contributed by atoms with van der Waals surface area (Å²) in [6.45, 7) is 7.24. The van der Waals surface area contributed by atoms with Gasteiger partial charge in [0, 0.05) is 40.1 Å². The monoisotopic (exact) mass is 374 g/mol. The molecule has 1 aromatic carbocycles. The lowest BCUT2D eigenvalue weighted by Gasteiger charge is -2.25. The molecule has 0 saturated heterocycles. The Balaban J connectivity index is 1.68. The number of aryl methyl sites for hydroxylation is 1. The van der Waals surface area contributed by atoms with Crippen LogP contribution in [-0.4, -0.2) is 29.6 Å². The van der Waals surface area contributed by atoms with E-state index in [4.69, 9.17) is 0 Å². The van der Waals surface area contributed by atoms with Gasteiger partial charge in [-0.3, -0.25) is 4.72 Å². The molecule has 0 bridgehead atoms. The van der Waals surface area contributed by atoms with Gasteiger partial charge in [0.1, 0.15) is 0 Å². The van der Waals surface area contributed by atoms with Gasteiger partial charge in [-0.15, -0.1) is 0 Å². The second-order valence-corrected chi connectivity index (χ2v) is 8.24. The largest absolute Gasteiger partial charge is 0.358 e. The zero-order valence-electron chi connectivity index (χ0n) is 15.9. The molecule has 1 heterocycles. The van der Waals surface area contributed by atoms with Gasteiger partial charge in [0.15, 0.2) is 0 Å². The van der Waals surface area contributed by atoms with Crippen LogP contribution in [0.3, 0.4) is 0 Å². The highest BCUT2D eigenvalue weighted by molar-refractivity contribution is 7.98. The fraction of sp³-hybridized carbons (Fsp3) is 0.550. The topological polar surface area (TPSA) is 69.0 Å². The predicted molar refractivity (Wildman–Crippen MR) is 110 cm³/mol. The third-order valence-corrected chi connectivity index (χ3v) is 5.58. The fourth-order valence-electron chi connectivity index (χ4n) is 3.59. The first-order valence-corrected chi connectivity index (χ1v) is 10.5. The average molecular weight is 375 g/mol. The second-order valence-electron chi connectivity index (χ2n) is 7.36. The van der Waals surface area contributed by atoms with Crippen molar-refractivity contribution in [3.8, 4) is 0 Å². The number of fused-ring (bicyclic) bond motifs is 3. The summed E-state index contributed by atoms with van der Waals surface area (Å²) in [4.78, 5) is 16.5. The van der Waals surface area contributed by atoms with Crippen LogP contribution in [0, 0.1) is 0 Å². The number of aromatic amines is 1. The smallest absolute Gasteiger partial charge is 0.325 e. The van der Waals surface area contributed by atoms with Crippen LogP contribution in [0.2, 0.25) is 0 Å². The zero-order chi connectivity index (χ0) is 18.5. The van der Waals surface area contributed by atoms with Crippen LogP contribution in [0.4, 0.5) is 4.79 Å². The third-order valence-electron chi connectivity index (χ3n) is 4.81. The van der Waals surface area contributed by atoms with Crippen LogP contribution >= 0.6 is 11.9 Å². The predicted octanol–water partition coefficient (Wildman–Crippen LogP) is 4.13. The minimum Gasteiger partial charge on any atom is -0.358 e. The molecule has 1 atom stereocenters. The van der Waals surface area contributed by atoms with Crippen molar-refractivity contribution in [1.82, 2.24) is 20.3 Å². The molecule has 0 spiro atoms. The Kier molecular flexibility index (Phi) is 6.48. The number of nitrogens with one attached hydrogen (secondary N) is 4. The Bertz CT molecular complexity index is 756. The van der Waals surface area contributed by atoms with E-state index in [1.807, 2.05) is 0 Å². The Morgan fingerprint density at radius 3 is 3.00 bits per heavy atom. The molecule has 6 heteroatoms. The van der Waals surface area contributed by atoms with Crippen molar-refractivity contribution in [2.45, 2.75) is 69.9 Å². The summed E-state index contributed by atoms with van der Waals surface area (Å²) in [5.74, 6) is 0. The lowest BCUT2D eigenvalue weighted by Crippen LogP contribution is -2.38. The Morgan fingerprint density at radius 2 is 2.23 bits per heavy atom. The van der Waals surface area contributed by atoms with E-state index in [1.165, 1.54) is 40.5 Å². The normalized spacial score (nSPS) is 16.7. The first kappa shape index (κ1) is 19.1. The van der Waals surface area contributed by atoms with Crippen LogP contribution in [0.5, 0.6) is 0 Å². The van der Waals surface area contributed by atoms with Crippen LogP contribution in [0.15, 0.2) is 23.1 Å². The molecule has 142 valence electrons. The number of urea groups is 1. The summed E-state index contributed by atoms with van der Waals surface area (Å²) in [5, 5.41) is 7.83. The highest BCUT2D eigenvalue weighted by Gasteiger charge is 2.23. The van der Waals surface area contributed by atoms with E-state index in [0.29, 0.717) is 12.1 Å². The van der Waals surface area contributed by atoms with Gasteiger partial charge in [-0.25, -0.2) is 4.79 Å². The number of aromatic nitrogens is 1. The first-order chi connectivity index (χ1) is 12.6. The minimum absolute atomic E-state index is 0.124. The number of unbranched alkanes of at least 4 members (excludes halogenated alkanes) is 1. The number of benzene rings is 1. The van der Waals surface area contributed by atoms with Crippen molar-refractivity contribution in [1.29, 1.82) is 0 Å². The summed E-state index contributed by atoms with van der Waals surface area (Å²) in [7, 11) is 0. The van der Waals surface area contributed by atoms with E-state index in [1.54, 1.807) is 0 Å². The van der Waals surface area contributed by atoms with E-state index in [9.17, 15) is 4.79 Å². The van der Waals surface area contributed by atoms with Gasteiger partial charge in [0.25, 0.3) is 0 Å². The van der Waals surface area contributed by atoms with E-state index >= 15 is 0 Å². The van der Waals surface area contributed by atoms with Crippen LogP contribution < -0.4 is 15.4 Å². The minimum atomic E-state index is -0.124. The number of rotatable bonds is 7. The molecule has 0 aliphatic heterocycles. The van der Waals surface area contributed by atoms with Crippen LogP contribution in [0.1, 0.15) is 51.3 Å². The molecule has 1 unspecified atom stereocenters. The lowest BCUT2D eigenvalue weighted by atomic mass is 9.91. The van der Waals surface area contributed by atoms with Gasteiger partial charge in [-0.2, -0.15) is 0 Å². The summed E-state index contributed by atoms with van der Waals surface area (Å²) >= 11 is 1.38. The van der Waals surface area contributed by atoms with Crippen molar-refractivity contribution >= 4 is 28.9 Å². The summed E-state index contributed by atoms with van der Waals surface area (Å²) < 4.78 is 2.87. The third kappa shape index (κ3) is 4.74. The van der Waals surface area contributed by atoms with E-state index in [0.717, 1.165) is 37.1 Å². The first-order valence-electron chi connectivity index (χ1n) is 9.67. The molecule has 1 aliphatic rings. The number of H-pyrrole nitrogens is 1. The molecule has 1 aliphatic carbocycles. The number of amides is 2. The van der Waals surface area contributed by atoms with Crippen molar-refractivity contribution in [3.05, 3.63) is 29.5 Å². The second kappa shape index (κ2) is 8.82. The molecule has 0 fully saturated rings. The molecular formula is C20H30N4OS. The standard InChI is InChI=1S/C20H30N4OS/c1-4-5-10-21-20(25)24-26-15-7-9-19-17(12-15)16-11-14(22-13(2)3)6-8-18(16)23-19/h7,9,12-14,22-23H,4-6,8,10-11H2,1-3H3,(H2,21,24,25). The molecule has 5 nitrogen and oxygen atoms in total. The van der Waals surface area contributed by atoms with Crippen molar-refractivity contribution in [2.75, 3.05) is 6.54 Å². The van der Waals surface area contributed by atoms with Gasteiger partial charge >= 0.3 is 6.03 Å². The number of hydrogen-bond acceptors (Lipinski definition) is 3. The molecule has 0 radical (unpaired) electrons. The molecule has 2 aromatic rings. The summed E-state index contributed by atoms with van der Waals surface area (Å²) in [5.41, 5.74) is 3.99. The zero-order valence-corrected chi connectivity index (χ0v) is 16.8. The van der Waals surface area contributed by atoms with E-state index < -0.39 is 0 Å². The molecule has 1 aromatic heterocycles. The molecule has 2 amide bonds. The van der Waals surface area contributed by atoms with Gasteiger partial charge in [0.2, 0.25) is 0 Å². The van der Waals surface area contributed by atoms with Crippen molar-refractivity contribution < 1.29 is 4.79 Å². The highest BCUT2D eigenvalue weighted by Crippen LogP contribution is 2.31. The number of carbonyl (C=O) groups excluding carboxylic acids is 1. The maximum atomic E-state index is 11.8. The molecule has 3 rings (SSSR count). The lowest BCUT2D eigenvalue weighted by molar-refractivity contribution is 0.246. The molecule has 4 N–H and O–H groups in total.